The minimum Gasteiger partial charge on any atom is -0.351 e. The quantitative estimate of drug-likeness (QED) is 0.730. The summed E-state index contributed by atoms with van der Waals surface area (Å²) in [4.78, 5) is 12.5. The fourth-order valence-corrected chi connectivity index (χ4v) is 2.43. The molecule has 0 fully saturated rings. The lowest BCUT2D eigenvalue weighted by Crippen LogP contribution is -2.31. The van der Waals surface area contributed by atoms with Gasteiger partial charge in [-0.25, -0.2) is 4.79 Å². The Morgan fingerprint density at radius 3 is 2.05 bits per heavy atom. The molecule has 0 aliphatic rings. The maximum atomic E-state index is 12.5. The number of fused-ring (bicyclic) bond motifs is 1. The summed E-state index contributed by atoms with van der Waals surface area (Å²) in [5, 5.41) is 0. The molecule has 20 heavy (non-hydrogen) atoms. The van der Waals surface area contributed by atoms with Crippen LogP contribution in [-0.4, -0.2) is 28.6 Å². The highest BCUT2D eigenvalue weighted by Crippen LogP contribution is 2.14. The van der Waals surface area contributed by atoms with Crippen LogP contribution < -0.4 is 5.69 Å². The molecule has 5 nitrogen and oxygen atoms in total. The molecule has 2 rings (SSSR count). The van der Waals surface area contributed by atoms with Crippen molar-refractivity contribution in [2.75, 3.05) is 13.2 Å². The highest BCUT2D eigenvalue weighted by molar-refractivity contribution is 5.75. The van der Waals surface area contributed by atoms with Crippen LogP contribution in [0.3, 0.4) is 0 Å². The predicted octanol–water partition coefficient (Wildman–Crippen LogP) is 2.22. The third-order valence-electron chi connectivity index (χ3n) is 3.28. The summed E-state index contributed by atoms with van der Waals surface area (Å²) in [7, 11) is 0. The second kappa shape index (κ2) is 6.72. The second-order valence-electron chi connectivity index (χ2n) is 4.47. The molecule has 0 radical (unpaired) electrons. The first kappa shape index (κ1) is 14.8. The van der Waals surface area contributed by atoms with Crippen molar-refractivity contribution in [3.63, 3.8) is 0 Å². The number of hydrogen-bond donors (Lipinski definition) is 0. The summed E-state index contributed by atoms with van der Waals surface area (Å²) in [6, 6.07) is 7.81. The van der Waals surface area contributed by atoms with Gasteiger partial charge < -0.3 is 9.47 Å². The normalized spacial score (nSPS) is 11.6. The van der Waals surface area contributed by atoms with Gasteiger partial charge in [-0.1, -0.05) is 12.1 Å². The lowest BCUT2D eigenvalue weighted by Gasteiger charge is -2.17. The average molecular weight is 278 g/mol. The van der Waals surface area contributed by atoms with Crippen LogP contribution in [0, 0.1) is 0 Å². The van der Waals surface area contributed by atoms with Gasteiger partial charge in [-0.15, -0.1) is 0 Å². The first-order valence-corrected chi connectivity index (χ1v) is 7.14. The Kier molecular flexibility index (Phi) is 4.98. The van der Waals surface area contributed by atoms with Crippen molar-refractivity contribution in [3.8, 4) is 0 Å². The zero-order valence-electron chi connectivity index (χ0n) is 12.3. The lowest BCUT2D eigenvalue weighted by atomic mass is 10.3. The number of aryl methyl sites for hydroxylation is 1. The maximum absolute atomic E-state index is 12.5. The van der Waals surface area contributed by atoms with E-state index in [4.69, 9.17) is 9.47 Å². The van der Waals surface area contributed by atoms with E-state index in [1.165, 1.54) is 0 Å². The molecule has 0 saturated heterocycles. The molecule has 1 aromatic carbocycles. The van der Waals surface area contributed by atoms with E-state index in [-0.39, 0.29) is 12.0 Å². The number of rotatable bonds is 7. The molecule has 1 heterocycles. The maximum Gasteiger partial charge on any atom is 0.329 e. The highest BCUT2D eigenvalue weighted by Gasteiger charge is 2.16. The average Bonchev–Trinajstić information content (AvgIpc) is 2.72. The van der Waals surface area contributed by atoms with Gasteiger partial charge in [0, 0.05) is 19.8 Å². The van der Waals surface area contributed by atoms with Crippen molar-refractivity contribution in [3.05, 3.63) is 34.7 Å². The molecule has 0 saturated carbocycles. The SMILES string of the molecule is CCOC(Cn1c(=O)n(CC)c2ccccc21)OCC. The van der Waals surface area contributed by atoms with Crippen molar-refractivity contribution in [2.24, 2.45) is 0 Å². The van der Waals surface area contributed by atoms with E-state index in [1.54, 1.807) is 9.13 Å². The molecule has 0 atom stereocenters. The minimum atomic E-state index is -0.390. The molecule has 0 spiro atoms. The number of benzene rings is 1. The summed E-state index contributed by atoms with van der Waals surface area (Å²) < 4.78 is 14.6. The smallest absolute Gasteiger partial charge is 0.329 e. The van der Waals surface area contributed by atoms with Gasteiger partial charge in [-0.3, -0.25) is 9.13 Å². The zero-order chi connectivity index (χ0) is 14.5. The molecule has 0 amide bonds. The number of ether oxygens (including phenoxy) is 2. The summed E-state index contributed by atoms with van der Waals surface area (Å²) in [6.45, 7) is 8.00. The summed E-state index contributed by atoms with van der Waals surface area (Å²) >= 11 is 0. The molecule has 2 aromatic rings. The monoisotopic (exact) mass is 278 g/mol. The van der Waals surface area contributed by atoms with Crippen molar-refractivity contribution < 1.29 is 9.47 Å². The number of aromatic nitrogens is 2. The van der Waals surface area contributed by atoms with Crippen LogP contribution in [0.4, 0.5) is 0 Å². The molecule has 1 aromatic heterocycles. The van der Waals surface area contributed by atoms with Gasteiger partial charge in [0.25, 0.3) is 0 Å². The molecule has 0 bridgehead atoms. The Hall–Kier alpha value is -1.59. The van der Waals surface area contributed by atoms with E-state index in [0.29, 0.717) is 26.3 Å². The van der Waals surface area contributed by atoms with E-state index in [2.05, 4.69) is 0 Å². The van der Waals surface area contributed by atoms with Crippen LogP contribution in [0.15, 0.2) is 29.1 Å². The Morgan fingerprint density at radius 1 is 1.00 bits per heavy atom. The van der Waals surface area contributed by atoms with Crippen LogP contribution in [0.5, 0.6) is 0 Å². The molecule has 0 aliphatic carbocycles. The standard InChI is InChI=1S/C15H22N2O3/c1-4-16-12-9-7-8-10-13(12)17(15(16)18)11-14(19-5-2)20-6-3/h7-10,14H,4-6,11H2,1-3H3. The topological polar surface area (TPSA) is 45.4 Å². The van der Waals surface area contributed by atoms with Gasteiger partial charge in [0.15, 0.2) is 6.29 Å². The fraction of sp³-hybridized carbons (Fsp3) is 0.533. The summed E-state index contributed by atoms with van der Waals surface area (Å²) in [5.41, 5.74) is 1.86. The van der Waals surface area contributed by atoms with Crippen LogP contribution in [0.1, 0.15) is 20.8 Å². The molecular formula is C15H22N2O3. The Bertz CT molecular complexity index is 609. The summed E-state index contributed by atoms with van der Waals surface area (Å²) in [6.07, 6.45) is -0.390. The molecule has 5 heteroatoms. The molecule has 110 valence electrons. The van der Waals surface area contributed by atoms with E-state index in [9.17, 15) is 4.79 Å². The predicted molar refractivity (Wildman–Crippen MR) is 78.9 cm³/mol. The van der Waals surface area contributed by atoms with Gasteiger partial charge in [-0.05, 0) is 32.9 Å². The van der Waals surface area contributed by atoms with Gasteiger partial charge in [0.05, 0.1) is 17.6 Å². The van der Waals surface area contributed by atoms with Crippen molar-refractivity contribution in [2.45, 2.75) is 40.2 Å². The molecule has 0 aliphatic heterocycles. The number of hydrogen-bond acceptors (Lipinski definition) is 3. The lowest BCUT2D eigenvalue weighted by molar-refractivity contribution is -0.143. The second-order valence-corrected chi connectivity index (χ2v) is 4.47. The van der Waals surface area contributed by atoms with Gasteiger partial charge in [0.1, 0.15) is 0 Å². The van der Waals surface area contributed by atoms with E-state index >= 15 is 0 Å². The van der Waals surface area contributed by atoms with Crippen molar-refractivity contribution >= 4 is 11.0 Å². The third-order valence-corrected chi connectivity index (χ3v) is 3.28. The fourth-order valence-electron chi connectivity index (χ4n) is 2.43. The minimum absolute atomic E-state index is 0.0156. The highest BCUT2D eigenvalue weighted by atomic mass is 16.7. The number of nitrogens with zero attached hydrogens (tertiary/aromatic N) is 2. The molecule has 0 N–H and O–H groups in total. The zero-order valence-corrected chi connectivity index (χ0v) is 12.3. The third kappa shape index (κ3) is 2.78. The van der Waals surface area contributed by atoms with E-state index < -0.39 is 0 Å². The Morgan fingerprint density at radius 2 is 1.55 bits per heavy atom. The molecular weight excluding hydrogens is 256 g/mol. The first-order chi connectivity index (χ1) is 9.72. The van der Waals surface area contributed by atoms with Gasteiger partial charge in [0.2, 0.25) is 0 Å². The Labute approximate surface area is 118 Å². The number of para-hydroxylation sites is 2. The van der Waals surface area contributed by atoms with Crippen LogP contribution in [0.25, 0.3) is 11.0 Å². The van der Waals surface area contributed by atoms with Gasteiger partial charge >= 0.3 is 5.69 Å². The van der Waals surface area contributed by atoms with Crippen molar-refractivity contribution in [1.82, 2.24) is 9.13 Å². The van der Waals surface area contributed by atoms with Crippen molar-refractivity contribution in [1.29, 1.82) is 0 Å². The molecule has 0 unspecified atom stereocenters. The number of imidazole rings is 1. The van der Waals surface area contributed by atoms with Crippen LogP contribution in [-0.2, 0) is 22.6 Å². The van der Waals surface area contributed by atoms with Crippen LogP contribution in [0.2, 0.25) is 0 Å². The van der Waals surface area contributed by atoms with E-state index in [1.807, 2.05) is 45.0 Å². The Balaban J connectivity index is 2.43. The van der Waals surface area contributed by atoms with Gasteiger partial charge in [-0.2, -0.15) is 0 Å². The van der Waals surface area contributed by atoms with Crippen LogP contribution >= 0.6 is 0 Å². The first-order valence-electron chi connectivity index (χ1n) is 7.14. The van der Waals surface area contributed by atoms with E-state index in [0.717, 1.165) is 11.0 Å². The summed E-state index contributed by atoms with van der Waals surface area (Å²) in [5.74, 6) is 0. The largest absolute Gasteiger partial charge is 0.351 e.